The minimum atomic E-state index is -0.534. The second-order valence-electron chi connectivity index (χ2n) is 6.91. The number of benzene rings is 3. The van der Waals surface area contributed by atoms with Crippen LogP contribution >= 0.6 is 12.2 Å². The van der Waals surface area contributed by atoms with Crippen molar-refractivity contribution in [3.63, 3.8) is 0 Å². The standard InChI is InChI=1S/C23H21N5O4S/c29-21(17-8-12-20(13-9-17)28(31)32)25-19-10-6-18(7-11-19)22(30)26-27-23(33)24-15-14-16-4-2-1-3-5-16/h1-13H,14-15H2,(H,25,29)(H,26,30)(H2,24,27,33). The molecule has 0 aromatic heterocycles. The Morgan fingerprint density at radius 3 is 2.06 bits per heavy atom. The van der Waals surface area contributed by atoms with Gasteiger partial charge in [-0.25, -0.2) is 0 Å². The first-order valence-corrected chi connectivity index (χ1v) is 10.4. The maximum Gasteiger partial charge on any atom is 0.269 e. The number of carbonyl (C=O) groups is 2. The third-order valence-electron chi connectivity index (χ3n) is 4.58. The zero-order chi connectivity index (χ0) is 23.6. The number of rotatable bonds is 7. The first-order chi connectivity index (χ1) is 15.9. The van der Waals surface area contributed by atoms with Gasteiger partial charge in [-0.1, -0.05) is 30.3 Å². The van der Waals surface area contributed by atoms with Crippen molar-refractivity contribution in [1.82, 2.24) is 16.2 Å². The Labute approximate surface area is 195 Å². The number of nitrogens with zero attached hydrogens (tertiary/aromatic N) is 1. The summed E-state index contributed by atoms with van der Waals surface area (Å²) in [6.45, 7) is 0.620. The average molecular weight is 464 g/mol. The van der Waals surface area contributed by atoms with Crippen LogP contribution in [0.5, 0.6) is 0 Å². The van der Waals surface area contributed by atoms with Crippen LogP contribution in [0.15, 0.2) is 78.9 Å². The number of hydrazine groups is 1. The minimum absolute atomic E-state index is 0.0959. The highest BCUT2D eigenvalue weighted by Crippen LogP contribution is 2.15. The van der Waals surface area contributed by atoms with Crippen molar-refractivity contribution in [1.29, 1.82) is 0 Å². The summed E-state index contributed by atoms with van der Waals surface area (Å²) in [7, 11) is 0. The van der Waals surface area contributed by atoms with Gasteiger partial charge in [0, 0.05) is 35.5 Å². The lowest BCUT2D eigenvalue weighted by molar-refractivity contribution is -0.384. The van der Waals surface area contributed by atoms with Crippen LogP contribution in [0.1, 0.15) is 26.3 Å². The van der Waals surface area contributed by atoms with E-state index in [1.807, 2.05) is 30.3 Å². The number of amides is 2. The van der Waals surface area contributed by atoms with Crippen molar-refractivity contribution in [3.05, 3.63) is 106 Å². The van der Waals surface area contributed by atoms with Crippen molar-refractivity contribution in [2.45, 2.75) is 6.42 Å². The molecule has 0 fully saturated rings. The molecule has 10 heteroatoms. The second kappa shape index (κ2) is 11.3. The molecule has 0 atom stereocenters. The predicted molar refractivity (Wildman–Crippen MR) is 129 cm³/mol. The van der Waals surface area contributed by atoms with E-state index < -0.39 is 16.7 Å². The van der Waals surface area contributed by atoms with Crippen molar-refractivity contribution in [2.75, 3.05) is 11.9 Å². The Bertz CT molecular complexity index is 1140. The van der Waals surface area contributed by atoms with Crippen LogP contribution in [0, 0.1) is 10.1 Å². The van der Waals surface area contributed by atoms with Gasteiger partial charge >= 0.3 is 0 Å². The molecule has 9 nitrogen and oxygen atoms in total. The summed E-state index contributed by atoms with van der Waals surface area (Å²) in [5, 5.41) is 16.7. The van der Waals surface area contributed by atoms with E-state index in [2.05, 4.69) is 21.5 Å². The van der Waals surface area contributed by atoms with Gasteiger partial charge in [-0.3, -0.25) is 30.6 Å². The molecule has 168 valence electrons. The summed E-state index contributed by atoms with van der Waals surface area (Å²) >= 11 is 5.15. The Morgan fingerprint density at radius 1 is 0.818 bits per heavy atom. The fourth-order valence-electron chi connectivity index (χ4n) is 2.84. The predicted octanol–water partition coefficient (Wildman–Crippen LogP) is 3.20. The second-order valence-corrected chi connectivity index (χ2v) is 7.31. The Kier molecular flexibility index (Phi) is 8.03. The molecule has 0 aliphatic carbocycles. The summed E-state index contributed by atoms with van der Waals surface area (Å²) in [6, 6.07) is 21.5. The normalized spacial score (nSPS) is 10.1. The summed E-state index contributed by atoms with van der Waals surface area (Å²) in [6.07, 6.45) is 0.795. The maximum atomic E-state index is 12.3. The molecule has 0 aliphatic heterocycles. The average Bonchev–Trinajstić information content (AvgIpc) is 2.83. The van der Waals surface area contributed by atoms with E-state index in [0.717, 1.165) is 6.42 Å². The highest BCUT2D eigenvalue weighted by Gasteiger charge is 2.11. The van der Waals surface area contributed by atoms with Crippen molar-refractivity contribution in [2.24, 2.45) is 0 Å². The summed E-state index contributed by atoms with van der Waals surface area (Å²) < 4.78 is 0. The molecular formula is C23H21N5O4S. The highest BCUT2D eigenvalue weighted by atomic mass is 32.1. The molecule has 3 aromatic carbocycles. The van der Waals surface area contributed by atoms with E-state index in [0.29, 0.717) is 22.9 Å². The molecule has 0 unspecified atom stereocenters. The molecule has 0 bridgehead atoms. The lowest BCUT2D eigenvalue weighted by Gasteiger charge is -2.12. The molecule has 0 saturated heterocycles. The Morgan fingerprint density at radius 2 is 1.42 bits per heavy atom. The number of carbonyl (C=O) groups excluding carboxylic acids is 2. The topological polar surface area (TPSA) is 125 Å². The van der Waals surface area contributed by atoms with Gasteiger partial charge in [-0.2, -0.15) is 0 Å². The Hall–Kier alpha value is -4.31. The number of nitro benzene ring substituents is 1. The van der Waals surface area contributed by atoms with Crippen LogP contribution in [0.4, 0.5) is 11.4 Å². The van der Waals surface area contributed by atoms with Gasteiger partial charge in [0.05, 0.1) is 4.92 Å². The number of nitro groups is 1. The van der Waals surface area contributed by atoms with Gasteiger partial charge < -0.3 is 10.6 Å². The van der Waals surface area contributed by atoms with E-state index >= 15 is 0 Å². The summed E-state index contributed by atoms with van der Waals surface area (Å²) in [5.74, 6) is -0.814. The van der Waals surface area contributed by atoms with Crippen LogP contribution < -0.4 is 21.5 Å². The molecule has 2 amide bonds. The number of thiocarbonyl (C=S) groups is 1. The van der Waals surface area contributed by atoms with Gasteiger partial charge in [0.25, 0.3) is 17.5 Å². The maximum absolute atomic E-state index is 12.3. The molecule has 0 spiro atoms. The number of anilines is 1. The third-order valence-corrected chi connectivity index (χ3v) is 4.82. The van der Waals surface area contributed by atoms with E-state index in [9.17, 15) is 19.7 Å². The molecule has 0 radical (unpaired) electrons. The summed E-state index contributed by atoms with van der Waals surface area (Å²) in [4.78, 5) is 34.7. The van der Waals surface area contributed by atoms with Crippen LogP contribution in [0.25, 0.3) is 0 Å². The summed E-state index contributed by atoms with van der Waals surface area (Å²) in [5.41, 5.74) is 7.36. The molecule has 33 heavy (non-hydrogen) atoms. The van der Waals surface area contributed by atoms with Gasteiger partial charge in [0.2, 0.25) is 0 Å². The van der Waals surface area contributed by atoms with Crippen molar-refractivity contribution in [3.8, 4) is 0 Å². The highest BCUT2D eigenvalue weighted by molar-refractivity contribution is 7.80. The SMILES string of the molecule is O=C(NNC(=S)NCCc1ccccc1)c1ccc(NC(=O)c2ccc([N+](=O)[O-])cc2)cc1. The first kappa shape index (κ1) is 23.4. The molecule has 3 aromatic rings. The molecule has 0 heterocycles. The van der Waals surface area contributed by atoms with Crippen LogP contribution in [-0.4, -0.2) is 28.4 Å². The molecular weight excluding hydrogens is 442 g/mol. The fraction of sp³-hybridized carbons (Fsp3) is 0.0870. The number of hydrogen-bond acceptors (Lipinski definition) is 5. The number of hydrogen-bond donors (Lipinski definition) is 4. The van der Waals surface area contributed by atoms with E-state index in [1.54, 1.807) is 24.3 Å². The van der Waals surface area contributed by atoms with Crippen LogP contribution in [0.2, 0.25) is 0 Å². The van der Waals surface area contributed by atoms with Crippen LogP contribution in [0.3, 0.4) is 0 Å². The van der Waals surface area contributed by atoms with E-state index in [-0.39, 0.29) is 11.3 Å². The van der Waals surface area contributed by atoms with Crippen molar-refractivity contribution >= 4 is 40.5 Å². The van der Waals surface area contributed by atoms with Gasteiger partial charge in [-0.15, -0.1) is 0 Å². The number of non-ortho nitro benzene ring substituents is 1. The van der Waals surface area contributed by atoms with Gasteiger partial charge in [0.15, 0.2) is 5.11 Å². The van der Waals surface area contributed by atoms with Gasteiger partial charge in [-0.05, 0) is 60.6 Å². The zero-order valence-electron chi connectivity index (χ0n) is 17.4. The minimum Gasteiger partial charge on any atom is -0.361 e. The van der Waals surface area contributed by atoms with Crippen molar-refractivity contribution < 1.29 is 14.5 Å². The molecule has 4 N–H and O–H groups in total. The zero-order valence-corrected chi connectivity index (χ0v) is 18.2. The van der Waals surface area contributed by atoms with E-state index in [1.165, 1.54) is 29.8 Å². The molecule has 0 saturated carbocycles. The lowest BCUT2D eigenvalue weighted by Crippen LogP contribution is -2.47. The van der Waals surface area contributed by atoms with E-state index in [4.69, 9.17) is 12.2 Å². The van der Waals surface area contributed by atoms with Crippen LogP contribution in [-0.2, 0) is 6.42 Å². The first-order valence-electron chi connectivity index (χ1n) is 9.96. The largest absolute Gasteiger partial charge is 0.361 e. The fourth-order valence-corrected chi connectivity index (χ4v) is 2.99. The smallest absolute Gasteiger partial charge is 0.269 e. The Balaban J connectivity index is 1.44. The van der Waals surface area contributed by atoms with Gasteiger partial charge in [0.1, 0.15) is 0 Å². The monoisotopic (exact) mass is 463 g/mol. The third kappa shape index (κ3) is 7.11. The molecule has 0 aliphatic rings. The quantitative estimate of drug-likeness (QED) is 0.241. The molecule has 3 rings (SSSR count). The number of nitrogens with one attached hydrogen (secondary N) is 4. The lowest BCUT2D eigenvalue weighted by atomic mass is 10.1.